The standard InChI is InChI=1S/C26H19ClNPS2/c27-21-16-18-22(19-17-21)28-25(20-10-4-1-5-11-20)31-26(30)29(23-12-6-2-7-13-23)24-14-8-3-9-15-24/h1-19H. The van der Waals surface area contributed by atoms with Crippen LogP contribution < -0.4 is 10.6 Å². The third-order valence-corrected chi connectivity index (χ3v) is 9.03. The average Bonchev–Trinajstić information content (AvgIpc) is 2.82. The summed E-state index contributed by atoms with van der Waals surface area (Å²) >= 11 is 13.7. The van der Waals surface area contributed by atoms with Crippen LogP contribution in [0, 0.1) is 0 Å². The predicted molar refractivity (Wildman–Crippen MR) is 143 cm³/mol. The van der Waals surface area contributed by atoms with E-state index >= 15 is 0 Å². The molecule has 0 aliphatic heterocycles. The van der Waals surface area contributed by atoms with E-state index in [2.05, 4.69) is 60.7 Å². The summed E-state index contributed by atoms with van der Waals surface area (Å²) in [6, 6.07) is 38.7. The molecule has 4 rings (SSSR count). The van der Waals surface area contributed by atoms with Gasteiger partial charge < -0.3 is 0 Å². The molecular formula is C26H19ClNPS2. The fourth-order valence-electron chi connectivity index (χ4n) is 3.00. The number of thioether (sulfide) groups is 1. The Hall–Kier alpha value is -2.29. The van der Waals surface area contributed by atoms with E-state index in [0.717, 1.165) is 20.2 Å². The van der Waals surface area contributed by atoms with Crippen molar-refractivity contribution in [2.24, 2.45) is 4.99 Å². The lowest BCUT2D eigenvalue weighted by atomic mass is 10.2. The van der Waals surface area contributed by atoms with Crippen molar-refractivity contribution in [1.82, 2.24) is 0 Å². The van der Waals surface area contributed by atoms with Crippen molar-refractivity contribution in [2.45, 2.75) is 0 Å². The highest BCUT2D eigenvalue weighted by molar-refractivity contribution is 8.44. The molecule has 0 saturated heterocycles. The molecular weight excluding hydrogens is 457 g/mol. The number of halogens is 1. The van der Waals surface area contributed by atoms with Crippen LogP contribution in [0.1, 0.15) is 5.56 Å². The molecule has 0 atom stereocenters. The van der Waals surface area contributed by atoms with E-state index < -0.39 is 7.92 Å². The maximum absolute atomic E-state index is 6.05. The van der Waals surface area contributed by atoms with Crippen molar-refractivity contribution in [2.75, 3.05) is 0 Å². The Morgan fingerprint density at radius 2 is 1.16 bits per heavy atom. The minimum atomic E-state index is -0.822. The largest absolute Gasteiger partial charge is 0.241 e. The highest BCUT2D eigenvalue weighted by Gasteiger charge is 2.21. The van der Waals surface area contributed by atoms with Crippen LogP contribution in [0.3, 0.4) is 0 Å². The molecule has 0 saturated carbocycles. The quantitative estimate of drug-likeness (QED) is 0.128. The first-order valence-electron chi connectivity index (χ1n) is 9.72. The lowest BCUT2D eigenvalue weighted by Crippen LogP contribution is -2.16. The van der Waals surface area contributed by atoms with Gasteiger partial charge in [0.1, 0.15) is 5.04 Å². The topological polar surface area (TPSA) is 12.4 Å². The molecule has 0 unspecified atom stereocenters. The predicted octanol–water partition coefficient (Wildman–Crippen LogP) is 7.57. The fraction of sp³-hybridized carbons (Fsp3) is 0. The minimum Gasteiger partial charge on any atom is -0.241 e. The van der Waals surface area contributed by atoms with Crippen molar-refractivity contribution in [3.8, 4) is 0 Å². The average molecular weight is 476 g/mol. The number of benzene rings is 4. The molecule has 0 aliphatic rings. The third-order valence-electron chi connectivity index (χ3n) is 4.47. The van der Waals surface area contributed by atoms with Crippen LogP contribution in [0.25, 0.3) is 0 Å². The first-order valence-corrected chi connectivity index (χ1v) is 12.7. The number of hydrogen-bond donors (Lipinski definition) is 0. The third kappa shape index (κ3) is 5.90. The van der Waals surface area contributed by atoms with Crippen LogP contribution in [0.4, 0.5) is 5.69 Å². The van der Waals surface area contributed by atoms with E-state index in [1.165, 1.54) is 10.6 Å². The van der Waals surface area contributed by atoms with Gasteiger partial charge in [0.2, 0.25) is 0 Å². The van der Waals surface area contributed by atoms with Crippen LogP contribution in [-0.2, 0) is 0 Å². The Kier molecular flexibility index (Phi) is 7.66. The molecule has 4 aromatic rings. The van der Waals surface area contributed by atoms with E-state index in [1.54, 1.807) is 11.8 Å². The summed E-state index contributed by atoms with van der Waals surface area (Å²) in [5.74, 6) is 0. The lowest BCUT2D eigenvalue weighted by Gasteiger charge is -2.20. The van der Waals surface area contributed by atoms with Gasteiger partial charge in [-0.15, -0.1) is 0 Å². The van der Waals surface area contributed by atoms with Gasteiger partial charge in [-0.05, 0) is 34.9 Å². The smallest absolute Gasteiger partial charge is 0.110 e. The number of thiocarbonyl (C=S) groups is 1. The molecule has 0 bridgehead atoms. The first kappa shape index (κ1) is 21.9. The zero-order chi connectivity index (χ0) is 21.5. The van der Waals surface area contributed by atoms with E-state index in [-0.39, 0.29) is 0 Å². The van der Waals surface area contributed by atoms with Gasteiger partial charge >= 0.3 is 0 Å². The van der Waals surface area contributed by atoms with Crippen molar-refractivity contribution < 1.29 is 0 Å². The summed E-state index contributed by atoms with van der Waals surface area (Å²) in [7, 11) is -0.822. The summed E-state index contributed by atoms with van der Waals surface area (Å²) in [5.41, 5.74) is 1.89. The summed E-state index contributed by atoms with van der Waals surface area (Å²) < 4.78 is 0.920. The molecule has 4 aromatic carbocycles. The summed E-state index contributed by atoms with van der Waals surface area (Å²) in [5, 5.41) is 4.05. The van der Waals surface area contributed by atoms with Crippen LogP contribution in [-0.4, -0.2) is 8.98 Å². The van der Waals surface area contributed by atoms with Crippen molar-refractivity contribution in [3.05, 3.63) is 126 Å². The van der Waals surface area contributed by atoms with Gasteiger partial charge in [-0.2, -0.15) is 0 Å². The Bertz CT molecular complexity index is 1120. The molecule has 0 heterocycles. The van der Waals surface area contributed by atoms with Crippen molar-refractivity contribution in [3.63, 3.8) is 0 Å². The summed E-state index contributed by atoms with van der Waals surface area (Å²) in [4.78, 5) is 4.92. The molecule has 0 radical (unpaired) electrons. The normalized spacial score (nSPS) is 11.5. The maximum Gasteiger partial charge on any atom is 0.110 e. The summed E-state index contributed by atoms with van der Waals surface area (Å²) in [6.07, 6.45) is 0. The fourth-order valence-corrected chi connectivity index (χ4v) is 7.49. The molecule has 5 heteroatoms. The second-order valence-electron chi connectivity index (χ2n) is 6.63. The van der Waals surface area contributed by atoms with E-state index in [4.69, 9.17) is 28.8 Å². The molecule has 0 spiro atoms. The zero-order valence-corrected chi connectivity index (χ0v) is 19.8. The van der Waals surface area contributed by atoms with E-state index in [0.29, 0.717) is 5.02 Å². The van der Waals surface area contributed by atoms with Crippen LogP contribution in [0.5, 0.6) is 0 Å². The van der Waals surface area contributed by atoms with Gasteiger partial charge in [0.25, 0.3) is 0 Å². The maximum atomic E-state index is 6.05. The number of hydrogen-bond acceptors (Lipinski definition) is 3. The Labute approximate surface area is 199 Å². The second kappa shape index (κ2) is 10.8. The SMILES string of the molecule is S=C(SC(=Nc1ccc(Cl)cc1)c1ccccc1)P(c1ccccc1)c1ccccc1. The highest BCUT2D eigenvalue weighted by atomic mass is 35.5. The molecule has 0 fully saturated rings. The van der Waals surface area contributed by atoms with Crippen LogP contribution in [0.2, 0.25) is 5.02 Å². The minimum absolute atomic E-state index is 0.695. The van der Waals surface area contributed by atoms with Crippen LogP contribution >= 0.6 is 43.5 Å². The summed E-state index contributed by atoms with van der Waals surface area (Å²) in [6.45, 7) is 0. The number of rotatable bonds is 5. The molecule has 0 amide bonds. The van der Waals surface area contributed by atoms with E-state index in [9.17, 15) is 0 Å². The molecule has 0 aliphatic carbocycles. The van der Waals surface area contributed by atoms with Gasteiger partial charge in [-0.25, -0.2) is 4.99 Å². The molecule has 31 heavy (non-hydrogen) atoms. The van der Waals surface area contributed by atoms with Gasteiger partial charge in [0.15, 0.2) is 0 Å². The van der Waals surface area contributed by atoms with Gasteiger partial charge in [-0.3, -0.25) is 0 Å². The Morgan fingerprint density at radius 3 is 1.68 bits per heavy atom. The van der Waals surface area contributed by atoms with Crippen LogP contribution in [0.15, 0.2) is 120 Å². The van der Waals surface area contributed by atoms with Crippen molar-refractivity contribution >= 4 is 68.8 Å². The first-order chi connectivity index (χ1) is 15.2. The van der Waals surface area contributed by atoms with Crippen molar-refractivity contribution in [1.29, 1.82) is 0 Å². The Balaban J connectivity index is 1.72. The highest BCUT2D eigenvalue weighted by Crippen LogP contribution is 2.42. The van der Waals surface area contributed by atoms with Gasteiger partial charge in [-0.1, -0.05) is 127 Å². The molecule has 0 N–H and O–H groups in total. The lowest BCUT2D eigenvalue weighted by molar-refractivity contribution is 1.52. The molecule has 1 nitrogen and oxygen atoms in total. The zero-order valence-electron chi connectivity index (χ0n) is 16.6. The number of nitrogens with zero attached hydrogens (tertiary/aromatic N) is 1. The monoisotopic (exact) mass is 475 g/mol. The molecule has 152 valence electrons. The second-order valence-corrected chi connectivity index (χ2v) is 11.5. The van der Waals surface area contributed by atoms with Gasteiger partial charge in [0, 0.05) is 18.5 Å². The van der Waals surface area contributed by atoms with Gasteiger partial charge in [0.05, 0.1) is 9.63 Å². The number of aliphatic imine (C=N–C) groups is 1. The Morgan fingerprint density at radius 1 is 0.677 bits per heavy atom. The molecule has 0 aromatic heterocycles. The van der Waals surface area contributed by atoms with E-state index in [1.807, 2.05) is 54.6 Å².